The van der Waals surface area contributed by atoms with E-state index < -0.39 is 11.4 Å². The van der Waals surface area contributed by atoms with Crippen molar-refractivity contribution in [3.63, 3.8) is 0 Å². The van der Waals surface area contributed by atoms with E-state index in [1.807, 2.05) is 13.8 Å². The van der Waals surface area contributed by atoms with Crippen molar-refractivity contribution in [1.82, 2.24) is 0 Å². The lowest BCUT2D eigenvalue weighted by molar-refractivity contribution is -0.118. The number of hydrogen-bond donors (Lipinski definition) is 1. The number of carbonyl (C=O) groups excluding carboxylic acids is 1. The van der Waals surface area contributed by atoms with Crippen LogP contribution in [0.5, 0.6) is 5.75 Å². The van der Waals surface area contributed by atoms with Crippen molar-refractivity contribution in [2.75, 3.05) is 5.32 Å². The summed E-state index contributed by atoms with van der Waals surface area (Å²) in [6.07, 6.45) is 0.237. The normalized spacial score (nSPS) is 18.1. The van der Waals surface area contributed by atoms with Crippen LogP contribution in [-0.4, -0.2) is 11.5 Å². The number of ether oxygens (including phenoxy) is 1. The molecule has 0 aromatic heterocycles. The smallest absolute Gasteiger partial charge is 0.228 e. The number of fused-ring (bicyclic) bond motifs is 1. The van der Waals surface area contributed by atoms with Gasteiger partial charge in [0.1, 0.15) is 17.2 Å². The molecule has 0 aliphatic carbocycles. The Bertz CT molecular complexity index is 460. The average molecular weight is 288 g/mol. The summed E-state index contributed by atoms with van der Waals surface area (Å²) in [5.74, 6) is -0.128. The van der Waals surface area contributed by atoms with E-state index in [4.69, 9.17) is 4.74 Å². The van der Waals surface area contributed by atoms with Crippen molar-refractivity contribution >= 4 is 27.5 Å². The summed E-state index contributed by atoms with van der Waals surface area (Å²) in [6, 6.07) is 2.77. The Hall–Kier alpha value is -1.10. The molecule has 2 rings (SSSR count). The number of nitrogens with one attached hydrogen (secondary N) is 1. The largest absolute Gasteiger partial charge is 0.485 e. The molecule has 5 heteroatoms. The van der Waals surface area contributed by atoms with E-state index in [0.717, 1.165) is 0 Å². The maximum atomic E-state index is 13.3. The fourth-order valence-electron chi connectivity index (χ4n) is 1.63. The Labute approximate surface area is 101 Å². The lowest BCUT2D eigenvalue weighted by atomic mass is 10.1. The summed E-state index contributed by atoms with van der Waals surface area (Å²) in [5, 5.41) is 2.62. The van der Waals surface area contributed by atoms with Crippen molar-refractivity contribution in [2.24, 2.45) is 0 Å². The lowest BCUT2D eigenvalue weighted by Crippen LogP contribution is -2.30. The minimum atomic E-state index is -0.591. The van der Waals surface area contributed by atoms with Crippen molar-refractivity contribution in [2.45, 2.75) is 25.9 Å². The molecule has 1 N–H and O–H groups in total. The molecular weight excluding hydrogens is 277 g/mol. The molecule has 0 saturated carbocycles. The predicted octanol–water partition coefficient (Wildman–Crippen LogP) is 3.09. The second-order valence-corrected chi connectivity index (χ2v) is 5.20. The number of amides is 1. The van der Waals surface area contributed by atoms with Crippen LogP contribution in [-0.2, 0) is 4.79 Å². The highest BCUT2D eigenvalue weighted by atomic mass is 79.9. The maximum absolute atomic E-state index is 13.3. The first kappa shape index (κ1) is 11.4. The lowest BCUT2D eigenvalue weighted by Gasteiger charge is -2.23. The third-order valence-electron chi connectivity index (χ3n) is 2.27. The van der Waals surface area contributed by atoms with E-state index in [9.17, 15) is 9.18 Å². The second-order valence-electron chi connectivity index (χ2n) is 4.35. The van der Waals surface area contributed by atoms with E-state index >= 15 is 0 Å². The molecule has 1 amide bonds. The number of benzene rings is 1. The molecule has 16 heavy (non-hydrogen) atoms. The quantitative estimate of drug-likeness (QED) is 0.796. The van der Waals surface area contributed by atoms with Gasteiger partial charge < -0.3 is 10.1 Å². The van der Waals surface area contributed by atoms with Gasteiger partial charge in [0.25, 0.3) is 0 Å². The molecule has 3 nitrogen and oxygen atoms in total. The molecule has 1 heterocycles. The van der Waals surface area contributed by atoms with Crippen molar-refractivity contribution < 1.29 is 13.9 Å². The van der Waals surface area contributed by atoms with E-state index in [-0.39, 0.29) is 12.3 Å². The molecule has 1 aromatic rings. The fraction of sp³-hybridized carbons (Fsp3) is 0.364. The van der Waals surface area contributed by atoms with Gasteiger partial charge in [-0.15, -0.1) is 0 Å². The van der Waals surface area contributed by atoms with Crippen LogP contribution in [0.3, 0.4) is 0 Å². The zero-order valence-electron chi connectivity index (χ0n) is 8.93. The minimum absolute atomic E-state index is 0.175. The topological polar surface area (TPSA) is 38.3 Å². The molecule has 0 spiro atoms. The zero-order chi connectivity index (χ0) is 11.9. The first-order valence-electron chi connectivity index (χ1n) is 4.85. The van der Waals surface area contributed by atoms with Gasteiger partial charge in [0, 0.05) is 6.07 Å². The summed E-state index contributed by atoms with van der Waals surface area (Å²) in [5.41, 5.74) is -0.219. The van der Waals surface area contributed by atoms with Crippen LogP contribution in [0.4, 0.5) is 10.1 Å². The highest BCUT2D eigenvalue weighted by Gasteiger charge is 2.29. The summed E-state index contributed by atoms with van der Waals surface area (Å²) in [6.45, 7) is 3.64. The third kappa shape index (κ3) is 2.19. The minimum Gasteiger partial charge on any atom is -0.485 e. The number of halogens is 2. The van der Waals surface area contributed by atoms with Crippen LogP contribution in [0.1, 0.15) is 20.3 Å². The van der Waals surface area contributed by atoms with Crippen molar-refractivity contribution in [3.05, 3.63) is 22.4 Å². The first-order valence-corrected chi connectivity index (χ1v) is 5.65. The summed E-state index contributed by atoms with van der Waals surface area (Å²) in [4.78, 5) is 11.5. The average Bonchev–Trinajstić information content (AvgIpc) is 2.21. The van der Waals surface area contributed by atoms with Crippen LogP contribution in [0.15, 0.2) is 16.6 Å². The molecule has 86 valence electrons. The fourth-order valence-corrected chi connectivity index (χ4v) is 1.95. The molecule has 0 saturated heterocycles. The Morgan fingerprint density at radius 2 is 2.19 bits per heavy atom. The van der Waals surface area contributed by atoms with Gasteiger partial charge in [-0.25, -0.2) is 4.39 Å². The molecule has 0 radical (unpaired) electrons. The van der Waals surface area contributed by atoms with E-state index in [1.165, 1.54) is 12.1 Å². The monoisotopic (exact) mass is 287 g/mol. The Morgan fingerprint density at radius 3 is 2.88 bits per heavy atom. The Balaban J connectivity index is 2.50. The molecule has 0 bridgehead atoms. The number of carbonyl (C=O) groups is 1. The van der Waals surface area contributed by atoms with E-state index in [1.54, 1.807) is 0 Å². The molecule has 1 aliphatic heterocycles. The molecule has 0 fully saturated rings. The van der Waals surface area contributed by atoms with Crippen LogP contribution >= 0.6 is 15.9 Å². The van der Waals surface area contributed by atoms with Gasteiger partial charge in [-0.05, 0) is 35.8 Å². The van der Waals surface area contributed by atoms with Crippen LogP contribution in [0.25, 0.3) is 0 Å². The van der Waals surface area contributed by atoms with Gasteiger partial charge >= 0.3 is 0 Å². The first-order chi connectivity index (χ1) is 7.37. The third-order valence-corrected chi connectivity index (χ3v) is 2.88. The second kappa shape index (κ2) is 3.73. The number of hydrogen-bond acceptors (Lipinski definition) is 2. The highest BCUT2D eigenvalue weighted by molar-refractivity contribution is 9.10. The van der Waals surface area contributed by atoms with Gasteiger partial charge in [-0.3, -0.25) is 4.79 Å². The molecule has 0 atom stereocenters. The van der Waals surface area contributed by atoms with Gasteiger partial charge in [0.2, 0.25) is 5.91 Å². The van der Waals surface area contributed by atoms with Crippen molar-refractivity contribution in [1.29, 1.82) is 0 Å². The van der Waals surface area contributed by atoms with Gasteiger partial charge in [0.05, 0.1) is 16.6 Å². The van der Waals surface area contributed by atoms with E-state index in [0.29, 0.717) is 15.9 Å². The molecule has 0 unspecified atom stereocenters. The van der Waals surface area contributed by atoms with Crippen LogP contribution in [0, 0.1) is 5.82 Å². The van der Waals surface area contributed by atoms with Crippen molar-refractivity contribution in [3.8, 4) is 5.75 Å². The molecular formula is C11H11BrFNO2. The van der Waals surface area contributed by atoms with Gasteiger partial charge in [-0.2, -0.15) is 0 Å². The Morgan fingerprint density at radius 1 is 1.50 bits per heavy atom. The van der Waals surface area contributed by atoms with Gasteiger partial charge in [0.15, 0.2) is 0 Å². The SMILES string of the molecule is CC1(C)CC(=O)Nc2cc(F)c(Br)cc2O1. The van der Waals surface area contributed by atoms with Gasteiger partial charge in [-0.1, -0.05) is 0 Å². The van der Waals surface area contributed by atoms with E-state index in [2.05, 4.69) is 21.2 Å². The standard InChI is InChI=1S/C11H11BrFNO2/c1-11(2)5-10(15)14-8-4-7(13)6(12)3-9(8)16-11/h3-4H,5H2,1-2H3,(H,14,15). The number of rotatable bonds is 0. The molecule has 1 aliphatic rings. The molecule has 1 aromatic carbocycles. The van der Waals surface area contributed by atoms with Crippen LogP contribution < -0.4 is 10.1 Å². The maximum Gasteiger partial charge on any atom is 0.228 e. The summed E-state index contributed by atoms with van der Waals surface area (Å²) < 4.78 is 19.3. The summed E-state index contributed by atoms with van der Waals surface area (Å²) >= 11 is 3.08. The Kier molecular flexibility index (Phi) is 2.66. The van der Waals surface area contributed by atoms with Crippen LogP contribution in [0.2, 0.25) is 0 Å². The number of anilines is 1. The predicted molar refractivity (Wildman–Crippen MR) is 62.1 cm³/mol. The summed E-state index contributed by atoms with van der Waals surface area (Å²) in [7, 11) is 0. The zero-order valence-corrected chi connectivity index (χ0v) is 10.5. The highest BCUT2D eigenvalue weighted by Crippen LogP contribution is 2.36.